The van der Waals surface area contributed by atoms with Gasteiger partial charge in [0.1, 0.15) is 0 Å². The van der Waals surface area contributed by atoms with E-state index >= 15 is 0 Å². The lowest BCUT2D eigenvalue weighted by Gasteiger charge is -2.21. The molecule has 0 saturated heterocycles. The summed E-state index contributed by atoms with van der Waals surface area (Å²) in [5.41, 5.74) is 13.2. The van der Waals surface area contributed by atoms with Gasteiger partial charge in [-0.05, 0) is 108 Å². The van der Waals surface area contributed by atoms with Crippen molar-refractivity contribution in [1.29, 1.82) is 0 Å². The van der Waals surface area contributed by atoms with Gasteiger partial charge in [0.05, 0.1) is 11.2 Å². The number of pyridine rings is 1. The van der Waals surface area contributed by atoms with Gasteiger partial charge in [-0.1, -0.05) is 170 Å². The fourth-order valence-corrected chi connectivity index (χ4v) is 8.26. The van der Waals surface area contributed by atoms with E-state index < -0.39 is 0 Å². The Hall–Kier alpha value is -6.57. The summed E-state index contributed by atoms with van der Waals surface area (Å²) in [5, 5.41) is 8.85. The first kappa shape index (κ1) is 30.3. The zero-order chi connectivity index (χ0) is 34.4. The van der Waals surface area contributed by atoms with Crippen LogP contribution in [0.25, 0.3) is 93.4 Å². The molecule has 0 atom stereocenters. The predicted molar refractivity (Wildman–Crippen MR) is 222 cm³/mol. The Balaban J connectivity index is 1.17. The normalized spacial score (nSPS) is 12.9. The van der Waals surface area contributed by atoms with Crippen LogP contribution in [0.2, 0.25) is 0 Å². The highest BCUT2D eigenvalue weighted by Gasteiger charge is 2.19. The lowest BCUT2D eigenvalue weighted by Crippen LogP contribution is -1.96. The molecule has 1 aromatic heterocycles. The molecule has 8 aromatic carbocycles. The summed E-state index contributed by atoms with van der Waals surface area (Å²) >= 11 is 0. The third-order valence-electron chi connectivity index (χ3n) is 10.7. The van der Waals surface area contributed by atoms with Crippen molar-refractivity contribution in [1.82, 2.24) is 4.98 Å². The molecule has 1 heteroatoms. The van der Waals surface area contributed by atoms with Gasteiger partial charge >= 0.3 is 0 Å². The Morgan fingerprint density at radius 2 is 1.06 bits per heavy atom. The molecule has 244 valence electrons. The van der Waals surface area contributed by atoms with Crippen LogP contribution in [0.1, 0.15) is 18.4 Å². The van der Waals surface area contributed by atoms with Crippen LogP contribution in [0.5, 0.6) is 0 Å². The quantitative estimate of drug-likeness (QED) is 0.132. The van der Waals surface area contributed by atoms with Gasteiger partial charge in [-0.3, -0.25) is 0 Å². The van der Waals surface area contributed by atoms with Crippen LogP contribution in [0.15, 0.2) is 188 Å². The highest BCUT2D eigenvalue weighted by atomic mass is 14.7. The van der Waals surface area contributed by atoms with Crippen molar-refractivity contribution < 1.29 is 0 Å². The lowest BCUT2D eigenvalue weighted by molar-refractivity contribution is 1.06. The molecule has 1 heterocycles. The maximum atomic E-state index is 5.16. The molecule has 0 radical (unpaired) electrons. The van der Waals surface area contributed by atoms with E-state index in [1.807, 2.05) is 0 Å². The molecule has 1 nitrogen and oxygen atoms in total. The number of aromatic nitrogens is 1. The van der Waals surface area contributed by atoms with Gasteiger partial charge in [-0.2, -0.15) is 0 Å². The van der Waals surface area contributed by atoms with E-state index in [2.05, 4.69) is 188 Å². The second-order valence-corrected chi connectivity index (χ2v) is 13.8. The average molecular weight is 662 g/mol. The number of hydrogen-bond acceptors (Lipinski definition) is 1. The average Bonchev–Trinajstić information content (AvgIpc) is 3.23. The highest BCUT2D eigenvalue weighted by Crippen LogP contribution is 2.45. The standard InChI is InChI=1S/C51H35N/c1-4-15-37(16-5-1)48-33-45(51-41-21-11-10-14-35(41)29-31-47(51)52-48)36-26-24-34(25-27-36)40-28-30-44-46(32-40)50(39-19-8-3-9-20-39)43-23-13-12-22-42(43)49(44)38-17-6-2-7-18-38/h1-6,8-17,19-33H,7,18H2. The predicted octanol–water partition coefficient (Wildman–Crippen LogP) is 14.1. The molecule has 0 aliphatic heterocycles. The number of rotatable bonds is 5. The molecule has 0 unspecified atom stereocenters. The Labute approximate surface area is 303 Å². The summed E-state index contributed by atoms with van der Waals surface area (Å²) in [5.74, 6) is 0. The van der Waals surface area contributed by atoms with Crippen LogP contribution in [-0.2, 0) is 0 Å². The van der Waals surface area contributed by atoms with Gasteiger partial charge in [0.2, 0.25) is 0 Å². The van der Waals surface area contributed by atoms with Gasteiger partial charge in [-0.15, -0.1) is 0 Å². The van der Waals surface area contributed by atoms with Crippen molar-refractivity contribution in [2.75, 3.05) is 0 Å². The Bertz CT molecular complexity index is 2860. The van der Waals surface area contributed by atoms with Crippen LogP contribution >= 0.6 is 0 Å². The molecule has 9 aromatic rings. The molecular weight excluding hydrogens is 627 g/mol. The minimum absolute atomic E-state index is 0.983. The van der Waals surface area contributed by atoms with E-state index in [-0.39, 0.29) is 0 Å². The van der Waals surface area contributed by atoms with E-state index in [4.69, 9.17) is 4.98 Å². The molecule has 1 aliphatic carbocycles. The second-order valence-electron chi connectivity index (χ2n) is 13.8. The maximum Gasteiger partial charge on any atom is 0.0722 e. The van der Waals surface area contributed by atoms with Gasteiger partial charge in [-0.25, -0.2) is 4.98 Å². The largest absolute Gasteiger partial charge is 0.248 e. The van der Waals surface area contributed by atoms with Crippen molar-refractivity contribution in [2.24, 2.45) is 0 Å². The second kappa shape index (κ2) is 12.6. The number of hydrogen-bond donors (Lipinski definition) is 0. The first-order valence-electron chi connectivity index (χ1n) is 18.2. The number of allylic oxidation sites excluding steroid dienone is 4. The van der Waals surface area contributed by atoms with Crippen molar-refractivity contribution in [3.05, 3.63) is 194 Å². The van der Waals surface area contributed by atoms with E-state index in [9.17, 15) is 0 Å². The summed E-state index contributed by atoms with van der Waals surface area (Å²) < 4.78 is 0. The Morgan fingerprint density at radius 3 is 1.81 bits per heavy atom. The van der Waals surface area contributed by atoms with E-state index in [1.54, 1.807) is 0 Å². The highest BCUT2D eigenvalue weighted by molar-refractivity contribution is 6.19. The van der Waals surface area contributed by atoms with Crippen molar-refractivity contribution >= 4 is 48.8 Å². The fourth-order valence-electron chi connectivity index (χ4n) is 8.26. The van der Waals surface area contributed by atoms with Gasteiger partial charge in [0.25, 0.3) is 0 Å². The molecule has 0 spiro atoms. The number of fused-ring (bicyclic) bond motifs is 5. The Kier molecular flexibility index (Phi) is 7.36. The lowest BCUT2D eigenvalue weighted by atomic mass is 9.83. The zero-order valence-electron chi connectivity index (χ0n) is 28.8. The third-order valence-corrected chi connectivity index (χ3v) is 10.7. The topological polar surface area (TPSA) is 12.9 Å². The summed E-state index contributed by atoms with van der Waals surface area (Å²) in [6, 6.07) is 61.9. The third kappa shape index (κ3) is 5.13. The smallest absolute Gasteiger partial charge is 0.0722 e. The summed E-state index contributed by atoms with van der Waals surface area (Å²) in [6.45, 7) is 0. The monoisotopic (exact) mass is 661 g/mol. The molecule has 10 rings (SSSR count). The maximum absolute atomic E-state index is 5.16. The van der Waals surface area contributed by atoms with E-state index in [1.165, 1.54) is 82.2 Å². The first-order valence-corrected chi connectivity index (χ1v) is 18.2. The Morgan fingerprint density at radius 1 is 0.423 bits per heavy atom. The van der Waals surface area contributed by atoms with Crippen LogP contribution in [0.3, 0.4) is 0 Å². The van der Waals surface area contributed by atoms with Crippen LogP contribution in [0, 0.1) is 0 Å². The zero-order valence-corrected chi connectivity index (χ0v) is 28.8. The van der Waals surface area contributed by atoms with Crippen molar-refractivity contribution in [2.45, 2.75) is 12.8 Å². The van der Waals surface area contributed by atoms with Gasteiger partial charge in [0.15, 0.2) is 0 Å². The number of nitrogens with zero attached hydrogens (tertiary/aromatic N) is 1. The number of benzene rings is 8. The summed E-state index contributed by atoms with van der Waals surface area (Å²) in [4.78, 5) is 5.16. The molecular formula is C51H35N. The molecule has 0 N–H and O–H groups in total. The fraction of sp³-hybridized carbons (Fsp3) is 0.0392. The van der Waals surface area contributed by atoms with Crippen LogP contribution < -0.4 is 0 Å². The molecule has 0 bridgehead atoms. The summed E-state index contributed by atoms with van der Waals surface area (Å²) in [7, 11) is 0. The minimum atomic E-state index is 0.983. The van der Waals surface area contributed by atoms with Crippen molar-refractivity contribution in [3.63, 3.8) is 0 Å². The minimum Gasteiger partial charge on any atom is -0.248 e. The van der Waals surface area contributed by atoms with Crippen molar-refractivity contribution in [3.8, 4) is 44.6 Å². The van der Waals surface area contributed by atoms with E-state index in [0.29, 0.717) is 0 Å². The molecule has 52 heavy (non-hydrogen) atoms. The van der Waals surface area contributed by atoms with Crippen LogP contribution in [-0.4, -0.2) is 4.98 Å². The SMILES string of the molecule is C1=CCCC(c2c3ccccc3c(-c3ccccc3)c3cc(-c4ccc(-c5cc(-c6ccccc6)nc6ccc7ccccc7c56)cc4)ccc23)=C1. The molecule has 0 fully saturated rings. The van der Waals surface area contributed by atoms with Gasteiger partial charge < -0.3 is 0 Å². The molecule has 1 aliphatic rings. The molecule has 0 amide bonds. The van der Waals surface area contributed by atoms with Gasteiger partial charge in [0, 0.05) is 10.9 Å². The van der Waals surface area contributed by atoms with Crippen LogP contribution in [0.4, 0.5) is 0 Å². The first-order chi connectivity index (χ1) is 25.8. The summed E-state index contributed by atoms with van der Waals surface area (Å²) in [6.07, 6.45) is 8.93. The molecule has 0 saturated carbocycles. The van der Waals surface area contributed by atoms with E-state index in [0.717, 1.165) is 29.6 Å².